The average molecular weight is 1230 g/mol. The summed E-state index contributed by atoms with van der Waals surface area (Å²) in [6, 6.07) is 13.4. The highest BCUT2D eigenvalue weighted by Crippen LogP contribution is 2.30. The number of rotatable bonds is 49. The van der Waals surface area contributed by atoms with E-state index in [-0.39, 0.29) is 64.6 Å². The van der Waals surface area contributed by atoms with Gasteiger partial charge in [0.15, 0.2) is 0 Å². The number of halogens is 5. The van der Waals surface area contributed by atoms with Crippen LogP contribution in [0.5, 0.6) is 5.75 Å². The van der Waals surface area contributed by atoms with E-state index in [1.807, 2.05) is 48.5 Å². The van der Waals surface area contributed by atoms with Crippen LogP contribution in [0.4, 0.5) is 27.6 Å². The van der Waals surface area contributed by atoms with Gasteiger partial charge in [-0.1, -0.05) is 42.2 Å². The van der Waals surface area contributed by atoms with Crippen molar-refractivity contribution < 1.29 is 108 Å². The minimum atomic E-state index is -2.45. The number of carbonyl (C=O) groups is 5. The molecule has 0 aliphatic carbocycles. The second-order valence-electron chi connectivity index (χ2n) is 18.4. The van der Waals surface area contributed by atoms with Crippen molar-refractivity contribution in [3.63, 3.8) is 0 Å². The Kier molecular flexibility index (Phi) is 37.9. The zero-order chi connectivity index (χ0) is 61.8. The fourth-order valence-electron chi connectivity index (χ4n) is 7.54. The summed E-state index contributed by atoms with van der Waals surface area (Å²) < 4.78 is 138. The fraction of sp³-hybridized carbons (Fsp3) is 0.576. The number of fused-ring (bicyclic) bond motifs is 2. The van der Waals surface area contributed by atoms with Gasteiger partial charge in [-0.15, -0.1) is 0 Å². The number of benzene rings is 3. The number of para-hydroxylation sites is 1. The summed E-state index contributed by atoms with van der Waals surface area (Å²) in [5.41, 5.74) is 3.01. The molecule has 1 aliphatic rings. The van der Waals surface area contributed by atoms with Crippen LogP contribution in [0, 0.1) is 40.9 Å². The second-order valence-corrected chi connectivity index (χ2v) is 18.4. The Bertz CT molecular complexity index is 2520. The van der Waals surface area contributed by atoms with E-state index in [1.165, 1.54) is 0 Å². The van der Waals surface area contributed by atoms with E-state index < -0.39 is 84.1 Å². The van der Waals surface area contributed by atoms with Gasteiger partial charge in [-0.2, -0.15) is 8.78 Å². The summed E-state index contributed by atoms with van der Waals surface area (Å²) in [5.74, 6) is -11.1. The Balaban J connectivity index is 1.02. The summed E-state index contributed by atoms with van der Waals surface area (Å²) in [6.45, 7) is 8.39. The molecule has 0 aromatic heterocycles. The number of unbranched alkanes of at least 4 members (excludes halogenated alkanes) is 1. The third-order valence-corrected chi connectivity index (χ3v) is 12.0. The van der Waals surface area contributed by atoms with Crippen LogP contribution < -0.4 is 25.6 Å². The molecule has 3 aromatic rings. The average Bonchev–Trinajstić information content (AvgIpc) is 1.82. The first-order chi connectivity index (χ1) is 41.9. The number of nitrogens with zero attached hydrogens (tertiary/aromatic N) is 1. The lowest BCUT2D eigenvalue weighted by molar-refractivity contribution is -0.135. The van der Waals surface area contributed by atoms with Crippen LogP contribution in [-0.4, -0.2) is 208 Å². The minimum absolute atomic E-state index is 0.0223. The predicted molar refractivity (Wildman–Crippen MR) is 298 cm³/mol. The number of methoxy groups -OCH3 is 1. The Labute approximate surface area is 497 Å². The molecule has 0 radical (unpaired) electrons. The monoisotopic (exact) mass is 1230 g/mol. The molecule has 478 valence electrons. The number of anilines is 1. The van der Waals surface area contributed by atoms with Gasteiger partial charge in [0.1, 0.15) is 6.04 Å². The number of amides is 4. The van der Waals surface area contributed by atoms with Gasteiger partial charge in [0.25, 0.3) is 0 Å². The van der Waals surface area contributed by atoms with Crippen LogP contribution in [-0.2, 0) is 87.4 Å². The van der Waals surface area contributed by atoms with Crippen LogP contribution in [0.15, 0.2) is 48.5 Å². The highest BCUT2D eigenvalue weighted by Gasteiger charge is 2.29. The number of hydrogen-bond donors (Lipinski definition) is 3. The van der Waals surface area contributed by atoms with Gasteiger partial charge in [0.2, 0.25) is 58.5 Å². The van der Waals surface area contributed by atoms with Gasteiger partial charge >= 0.3 is 5.97 Å². The van der Waals surface area contributed by atoms with E-state index in [0.29, 0.717) is 143 Å². The van der Waals surface area contributed by atoms with Crippen LogP contribution >= 0.6 is 0 Å². The zero-order valence-electron chi connectivity index (χ0n) is 48.5. The lowest BCUT2D eigenvalue weighted by Crippen LogP contribution is -2.53. The Hall–Kier alpha value is -6.26. The van der Waals surface area contributed by atoms with Crippen molar-refractivity contribution in [3.8, 4) is 17.6 Å². The molecule has 3 N–H and O–H groups in total. The maximum Gasteiger partial charge on any atom is 0.313 e. The van der Waals surface area contributed by atoms with Crippen molar-refractivity contribution in [2.75, 3.05) is 177 Å². The van der Waals surface area contributed by atoms with E-state index in [0.717, 1.165) is 11.1 Å². The van der Waals surface area contributed by atoms with Crippen molar-refractivity contribution in [2.45, 2.75) is 51.1 Å². The highest BCUT2D eigenvalue weighted by atomic mass is 19.2. The highest BCUT2D eigenvalue weighted by molar-refractivity contribution is 5.95. The first-order valence-corrected chi connectivity index (χ1v) is 28.3. The Morgan fingerprint density at radius 1 is 0.477 bits per heavy atom. The van der Waals surface area contributed by atoms with Gasteiger partial charge < -0.3 is 82.4 Å². The number of carbonyl (C=O) groups excluding carboxylic acids is 5. The van der Waals surface area contributed by atoms with E-state index in [1.54, 1.807) is 12.0 Å². The van der Waals surface area contributed by atoms with Crippen LogP contribution in [0.3, 0.4) is 0 Å². The van der Waals surface area contributed by atoms with Crippen molar-refractivity contribution >= 4 is 35.3 Å². The molecule has 86 heavy (non-hydrogen) atoms. The molecule has 1 aliphatic heterocycles. The maximum atomic E-state index is 14.1. The van der Waals surface area contributed by atoms with Crippen molar-refractivity contribution in [3.05, 3.63) is 94.3 Å². The molecular weight excluding hydrogens is 1150 g/mol. The molecule has 1 atom stereocenters. The summed E-state index contributed by atoms with van der Waals surface area (Å²) in [4.78, 5) is 66.9. The quantitative estimate of drug-likeness (QED) is 0.0137. The summed E-state index contributed by atoms with van der Waals surface area (Å²) >= 11 is 0. The molecular formula is C59H79F5N4O18. The molecule has 22 nitrogen and oxygen atoms in total. The molecule has 1 heterocycles. The molecule has 4 amide bonds. The zero-order valence-corrected chi connectivity index (χ0v) is 48.5. The van der Waals surface area contributed by atoms with E-state index in [2.05, 4.69) is 32.5 Å². The Morgan fingerprint density at radius 3 is 1.40 bits per heavy atom. The molecule has 4 rings (SSSR count). The first kappa shape index (κ1) is 72.2. The normalized spacial score (nSPS) is 12.1. The smallest absolute Gasteiger partial charge is 0.313 e. The lowest BCUT2D eigenvalue weighted by atomic mass is 10.0. The molecule has 0 spiro atoms. The summed E-state index contributed by atoms with van der Waals surface area (Å²) in [5, 5.41) is 7.37. The number of ether oxygens (including phenoxy) is 13. The van der Waals surface area contributed by atoms with Gasteiger partial charge in [-0.3, -0.25) is 24.0 Å². The van der Waals surface area contributed by atoms with Gasteiger partial charge in [-0.25, -0.2) is 13.2 Å². The second kappa shape index (κ2) is 45.1. The van der Waals surface area contributed by atoms with Crippen molar-refractivity contribution in [1.29, 1.82) is 0 Å². The molecule has 27 heteroatoms. The number of nitrogens with one attached hydrogen (secondary N) is 3. The molecule has 0 bridgehead atoms. The summed E-state index contributed by atoms with van der Waals surface area (Å²) in [7, 11) is 1.62. The lowest BCUT2D eigenvalue weighted by Gasteiger charge is -2.26. The SMILES string of the molecule is COCCOCCOCCOCCOCCOCCOCCOCCOCCOCCOCCOCCC(=O)NC[C@H](NC(=O)CCCCC(=O)N1Cc2ccccc2C#Cc2ccccc21)C(=O)NCCC(=O)Oc1c(F)c(F)c(F)c(F)c1F. The van der Waals surface area contributed by atoms with Gasteiger partial charge in [0, 0.05) is 50.6 Å². The molecule has 0 saturated heterocycles. The van der Waals surface area contributed by atoms with E-state index in [4.69, 9.17) is 56.8 Å². The van der Waals surface area contributed by atoms with Crippen molar-refractivity contribution in [1.82, 2.24) is 16.0 Å². The maximum absolute atomic E-state index is 14.1. The van der Waals surface area contributed by atoms with Crippen LogP contribution in [0.2, 0.25) is 0 Å². The molecule has 0 saturated carbocycles. The summed E-state index contributed by atoms with van der Waals surface area (Å²) in [6.07, 6.45) is -0.463. The predicted octanol–water partition coefficient (Wildman–Crippen LogP) is 4.12. The standard InChI is InChI=1S/C59H79F5N4O18/c1-74-20-21-76-24-25-78-28-29-80-32-33-82-36-37-84-40-41-85-39-38-83-35-34-81-31-30-79-27-26-77-23-22-75-19-17-49(69)66-42-47(59(73)65-18-16-52(72)86-58-56(63)54(61)53(60)55(62)57(58)64)67-50(70)12-6-7-13-51(71)68-43-46-10-3-2-8-44(46)14-15-45-9-4-5-11-48(45)68/h2-5,8-11,47H,6-7,12-13,16-43H2,1H3,(H,65,73)(H,66,69)(H,67,70)/t47-/m0/s1. The number of esters is 1. The van der Waals surface area contributed by atoms with Crippen molar-refractivity contribution in [2.24, 2.45) is 0 Å². The fourth-order valence-corrected chi connectivity index (χ4v) is 7.54. The van der Waals surface area contributed by atoms with E-state index in [9.17, 15) is 45.9 Å². The molecule has 0 fully saturated rings. The van der Waals surface area contributed by atoms with Gasteiger partial charge in [-0.05, 0) is 36.6 Å². The minimum Gasteiger partial charge on any atom is -0.420 e. The van der Waals surface area contributed by atoms with E-state index >= 15 is 0 Å². The van der Waals surface area contributed by atoms with Crippen LogP contribution in [0.25, 0.3) is 0 Å². The first-order valence-electron chi connectivity index (χ1n) is 28.3. The molecule has 0 unspecified atom stereocenters. The van der Waals surface area contributed by atoms with Crippen LogP contribution in [0.1, 0.15) is 55.2 Å². The van der Waals surface area contributed by atoms with Gasteiger partial charge in [0.05, 0.1) is 171 Å². The molecule has 3 aromatic carbocycles. The topological polar surface area (TPSA) is 245 Å². The third-order valence-electron chi connectivity index (χ3n) is 12.0. The Morgan fingerprint density at radius 2 is 0.895 bits per heavy atom. The number of hydrogen-bond acceptors (Lipinski definition) is 18. The largest absolute Gasteiger partial charge is 0.420 e. The third kappa shape index (κ3) is 29.9.